The van der Waals surface area contributed by atoms with Crippen LogP contribution in [-0.4, -0.2) is 18.1 Å². The van der Waals surface area contributed by atoms with Gasteiger partial charge in [-0.1, -0.05) is 6.42 Å². The summed E-state index contributed by atoms with van der Waals surface area (Å²) in [6, 6.07) is 2.00. The minimum atomic E-state index is 0.396. The molecule has 0 unspecified atom stereocenters. The zero-order valence-electron chi connectivity index (χ0n) is 9.20. The number of aromatic nitrogens is 1. The zero-order valence-corrected chi connectivity index (χ0v) is 9.20. The largest absolute Gasteiger partial charge is 0.489 e. The first-order valence-electron chi connectivity index (χ1n) is 5.68. The van der Waals surface area contributed by atoms with Crippen LogP contribution in [0.2, 0.25) is 0 Å². The smallest absolute Gasteiger partial charge is 0.140 e. The number of hydrogen-bond donors (Lipinski definition) is 1. The Kier molecular flexibility index (Phi) is 3.43. The van der Waals surface area contributed by atoms with E-state index >= 15 is 0 Å². The zero-order chi connectivity index (χ0) is 10.5. The topological polar surface area (TPSA) is 34.2 Å². The lowest BCUT2D eigenvalue weighted by Gasteiger charge is -2.22. The third kappa shape index (κ3) is 2.85. The molecule has 1 fully saturated rings. The molecule has 1 N–H and O–H groups in total. The standard InChI is InChI=1S/C12H18N2O/c1-13-10-7-12(9-14-8-10)15-11-5-3-2-4-6-11/h7-9,11,13H,2-6H2,1H3. The van der Waals surface area contributed by atoms with Crippen LogP contribution in [-0.2, 0) is 0 Å². The van der Waals surface area contributed by atoms with E-state index in [1.807, 2.05) is 13.1 Å². The molecular weight excluding hydrogens is 188 g/mol. The van der Waals surface area contributed by atoms with Crippen molar-refractivity contribution in [1.29, 1.82) is 0 Å². The van der Waals surface area contributed by atoms with E-state index in [1.54, 1.807) is 12.4 Å². The lowest BCUT2D eigenvalue weighted by molar-refractivity contribution is 0.154. The lowest BCUT2D eigenvalue weighted by Crippen LogP contribution is -2.19. The van der Waals surface area contributed by atoms with Crippen molar-refractivity contribution in [2.24, 2.45) is 0 Å². The summed E-state index contributed by atoms with van der Waals surface area (Å²) in [6.45, 7) is 0. The average Bonchev–Trinajstić information content (AvgIpc) is 2.31. The van der Waals surface area contributed by atoms with E-state index in [4.69, 9.17) is 4.74 Å². The van der Waals surface area contributed by atoms with Crippen molar-refractivity contribution in [1.82, 2.24) is 4.98 Å². The SMILES string of the molecule is CNc1cncc(OC2CCCCC2)c1. The van der Waals surface area contributed by atoms with Crippen LogP contribution in [0.3, 0.4) is 0 Å². The van der Waals surface area contributed by atoms with Crippen molar-refractivity contribution in [3.63, 3.8) is 0 Å². The summed E-state index contributed by atoms with van der Waals surface area (Å²) < 4.78 is 5.90. The maximum atomic E-state index is 5.90. The molecule has 82 valence electrons. The van der Waals surface area contributed by atoms with Gasteiger partial charge in [0.05, 0.1) is 24.2 Å². The monoisotopic (exact) mass is 206 g/mol. The Hall–Kier alpha value is -1.25. The Bertz CT molecular complexity index is 308. The number of hydrogen-bond acceptors (Lipinski definition) is 3. The molecule has 3 nitrogen and oxygen atoms in total. The van der Waals surface area contributed by atoms with E-state index in [0.717, 1.165) is 11.4 Å². The van der Waals surface area contributed by atoms with Crippen molar-refractivity contribution in [3.8, 4) is 5.75 Å². The summed E-state index contributed by atoms with van der Waals surface area (Å²) in [6.07, 6.45) is 10.3. The van der Waals surface area contributed by atoms with Crippen LogP contribution in [0, 0.1) is 0 Å². The molecule has 1 heterocycles. The van der Waals surface area contributed by atoms with E-state index in [1.165, 1.54) is 32.1 Å². The maximum Gasteiger partial charge on any atom is 0.140 e. The molecule has 1 aromatic heterocycles. The molecule has 0 aliphatic heterocycles. The Labute approximate surface area is 90.9 Å². The second-order valence-electron chi connectivity index (χ2n) is 4.04. The van der Waals surface area contributed by atoms with Crippen molar-refractivity contribution in [2.45, 2.75) is 38.2 Å². The quantitative estimate of drug-likeness (QED) is 0.825. The van der Waals surface area contributed by atoms with Gasteiger partial charge in [0.25, 0.3) is 0 Å². The molecule has 1 saturated carbocycles. The first-order chi connectivity index (χ1) is 7.38. The molecule has 0 radical (unpaired) electrons. The molecule has 1 aromatic rings. The van der Waals surface area contributed by atoms with Gasteiger partial charge in [0.1, 0.15) is 5.75 Å². The number of pyridine rings is 1. The van der Waals surface area contributed by atoms with E-state index in [9.17, 15) is 0 Å². The highest BCUT2D eigenvalue weighted by molar-refractivity contribution is 5.44. The molecule has 2 rings (SSSR count). The van der Waals surface area contributed by atoms with Crippen LogP contribution in [0.25, 0.3) is 0 Å². The predicted molar refractivity (Wildman–Crippen MR) is 61.3 cm³/mol. The second kappa shape index (κ2) is 5.01. The summed E-state index contributed by atoms with van der Waals surface area (Å²) in [5.74, 6) is 0.883. The molecule has 0 saturated heterocycles. The number of anilines is 1. The summed E-state index contributed by atoms with van der Waals surface area (Å²) in [7, 11) is 1.89. The summed E-state index contributed by atoms with van der Waals surface area (Å²) in [5, 5.41) is 3.06. The van der Waals surface area contributed by atoms with Gasteiger partial charge in [0.2, 0.25) is 0 Å². The third-order valence-corrected chi connectivity index (χ3v) is 2.86. The number of rotatable bonds is 3. The lowest BCUT2D eigenvalue weighted by atomic mass is 9.98. The molecule has 0 aromatic carbocycles. The van der Waals surface area contributed by atoms with Crippen LogP contribution in [0.4, 0.5) is 5.69 Å². The minimum Gasteiger partial charge on any atom is -0.489 e. The molecule has 0 bridgehead atoms. The summed E-state index contributed by atoms with van der Waals surface area (Å²) >= 11 is 0. The summed E-state index contributed by atoms with van der Waals surface area (Å²) in [5.41, 5.74) is 1.00. The molecule has 1 aliphatic carbocycles. The fourth-order valence-electron chi connectivity index (χ4n) is 2.00. The second-order valence-corrected chi connectivity index (χ2v) is 4.04. The van der Waals surface area contributed by atoms with Crippen LogP contribution in [0.5, 0.6) is 5.75 Å². The van der Waals surface area contributed by atoms with E-state index in [2.05, 4.69) is 10.3 Å². The average molecular weight is 206 g/mol. The molecule has 3 heteroatoms. The molecule has 0 spiro atoms. The fraction of sp³-hybridized carbons (Fsp3) is 0.583. The van der Waals surface area contributed by atoms with Gasteiger partial charge in [-0.25, -0.2) is 0 Å². The van der Waals surface area contributed by atoms with Gasteiger partial charge >= 0.3 is 0 Å². The van der Waals surface area contributed by atoms with Gasteiger partial charge in [-0.15, -0.1) is 0 Å². The van der Waals surface area contributed by atoms with E-state index in [0.29, 0.717) is 6.10 Å². The highest BCUT2D eigenvalue weighted by atomic mass is 16.5. The highest BCUT2D eigenvalue weighted by Gasteiger charge is 2.14. The van der Waals surface area contributed by atoms with Crippen LogP contribution >= 0.6 is 0 Å². The Morgan fingerprint density at radius 3 is 2.80 bits per heavy atom. The third-order valence-electron chi connectivity index (χ3n) is 2.86. The first-order valence-corrected chi connectivity index (χ1v) is 5.68. The van der Waals surface area contributed by atoms with E-state index in [-0.39, 0.29) is 0 Å². The van der Waals surface area contributed by atoms with Crippen molar-refractivity contribution in [2.75, 3.05) is 12.4 Å². The van der Waals surface area contributed by atoms with E-state index < -0.39 is 0 Å². The van der Waals surface area contributed by atoms with Gasteiger partial charge < -0.3 is 10.1 Å². The normalized spacial score (nSPS) is 17.4. The van der Waals surface area contributed by atoms with Crippen LogP contribution in [0.15, 0.2) is 18.5 Å². The molecule has 0 amide bonds. The Balaban J connectivity index is 1.96. The maximum absolute atomic E-state index is 5.90. The van der Waals surface area contributed by atoms with Gasteiger partial charge in [0.15, 0.2) is 0 Å². The summed E-state index contributed by atoms with van der Waals surface area (Å²) in [4.78, 5) is 4.13. The molecular formula is C12H18N2O. The highest BCUT2D eigenvalue weighted by Crippen LogP contribution is 2.24. The van der Waals surface area contributed by atoms with Crippen molar-refractivity contribution >= 4 is 5.69 Å². The predicted octanol–water partition coefficient (Wildman–Crippen LogP) is 2.83. The van der Waals surface area contributed by atoms with Gasteiger partial charge in [-0.05, 0) is 25.7 Å². The number of nitrogens with zero attached hydrogens (tertiary/aromatic N) is 1. The first kappa shape index (κ1) is 10.3. The molecule has 15 heavy (non-hydrogen) atoms. The molecule has 0 atom stereocenters. The minimum absolute atomic E-state index is 0.396. The van der Waals surface area contributed by atoms with Crippen LogP contribution < -0.4 is 10.1 Å². The number of ether oxygens (including phenoxy) is 1. The van der Waals surface area contributed by atoms with Gasteiger partial charge in [0, 0.05) is 13.1 Å². The van der Waals surface area contributed by atoms with Gasteiger partial charge in [-0.2, -0.15) is 0 Å². The van der Waals surface area contributed by atoms with Crippen molar-refractivity contribution in [3.05, 3.63) is 18.5 Å². The fourth-order valence-corrected chi connectivity index (χ4v) is 2.00. The van der Waals surface area contributed by atoms with Crippen LogP contribution in [0.1, 0.15) is 32.1 Å². The number of nitrogens with one attached hydrogen (secondary N) is 1. The van der Waals surface area contributed by atoms with Gasteiger partial charge in [-0.3, -0.25) is 4.98 Å². The van der Waals surface area contributed by atoms with Crippen molar-refractivity contribution < 1.29 is 4.74 Å². The molecule has 1 aliphatic rings. The Morgan fingerprint density at radius 1 is 1.27 bits per heavy atom. The Morgan fingerprint density at radius 2 is 2.07 bits per heavy atom.